The number of nitro benzene ring substituents is 1. The molecule has 3 rings (SSSR count). The Hall–Kier alpha value is -3.05. The Labute approximate surface area is 160 Å². The minimum atomic E-state index is -3.86. The number of anilines is 1. The molecule has 2 aromatic rings. The van der Waals surface area contributed by atoms with Crippen LogP contribution in [0.5, 0.6) is 0 Å². The number of halogens is 1. The van der Waals surface area contributed by atoms with E-state index in [-0.39, 0.29) is 48.0 Å². The second kappa shape index (κ2) is 7.52. The van der Waals surface area contributed by atoms with Gasteiger partial charge >= 0.3 is 0 Å². The van der Waals surface area contributed by atoms with E-state index in [1.54, 1.807) is 4.90 Å². The average molecular weight is 408 g/mol. The second-order valence-electron chi connectivity index (χ2n) is 6.17. The van der Waals surface area contributed by atoms with Gasteiger partial charge in [0, 0.05) is 37.8 Å². The normalized spacial score (nSPS) is 15.4. The molecule has 0 saturated carbocycles. The lowest BCUT2D eigenvalue weighted by molar-refractivity contribution is -0.384. The van der Waals surface area contributed by atoms with Crippen LogP contribution in [0, 0.1) is 15.9 Å². The molecule has 1 saturated heterocycles. The summed E-state index contributed by atoms with van der Waals surface area (Å²) in [5, 5.41) is 11.4. The maximum Gasteiger partial charge on any atom is 0.293 e. The number of piperazine rings is 1. The molecule has 1 aliphatic rings. The Morgan fingerprint density at radius 3 is 2.36 bits per heavy atom. The summed E-state index contributed by atoms with van der Waals surface area (Å²) < 4.78 is 39.9. The first kappa shape index (κ1) is 19.7. The van der Waals surface area contributed by atoms with E-state index in [0.29, 0.717) is 0 Å². The fourth-order valence-corrected chi connectivity index (χ4v) is 4.49. The fourth-order valence-electron chi connectivity index (χ4n) is 3.04. The number of nitrogens with two attached hydrogens (primary N) is 1. The van der Waals surface area contributed by atoms with Gasteiger partial charge in [0.15, 0.2) is 0 Å². The van der Waals surface area contributed by atoms with Crippen LogP contribution in [0.15, 0.2) is 47.4 Å². The number of carbonyl (C=O) groups is 1. The molecule has 0 aromatic heterocycles. The quantitative estimate of drug-likeness (QED) is 0.588. The topological polar surface area (TPSA) is 127 Å². The van der Waals surface area contributed by atoms with Crippen molar-refractivity contribution < 1.29 is 22.5 Å². The highest BCUT2D eigenvalue weighted by molar-refractivity contribution is 7.89. The lowest BCUT2D eigenvalue weighted by Gasteiger charge is -2.35. The SMILES string of the molecule is NC(=O)c1ccc(N2CCN(S(=O)(=O)c3cccc(F)c3)CC2)c([N+](=O)[O-])c1. The molecule has 1 amide bonds. The first-order valence-electron chi connectivity index (χ1n) is 8.29. The summed E-state index contributed by atoms with van der Waals surface area (Å²) in [4.78, 5) is 23.5. The molecule has 9 nitrogen and oxygen atoms in total. The van der Waals surface area contributed by atoms with Crippen LogP contribution < -0.4 is 10.6 Å². The third-order valence-corrected chi connectivity index (χ3v) is 6.36. The van der Waals surface area contributed by atoms with Crippen LogP contribution in [-0.2, 0) is 10.0 Å². The number of carbonyl (C=O) groups excluding carboxylic acids is 1. The van der Waals surface area contributed by atoms with Crippen molar-refractivity contribution in [3.63, 3.8) is 0 Å². The van der Waals surface area contributed by atoms with Gasteiger partial charge in [-0.15, -0.1) is 0 Å². The summed E-state index contributed by atoms with van der Waals surface area (Å²) in [6, 6.07) is 8.67. The van der Waals surface area contributed by atoms with Crippen LogP contribution in [0.25, 0.3) is 0 Å². The van der Waals surface area contributed by atoms with Crippen molar-refractivity contribution in [1.82, 2.24) is 4.31 Å². The van der Waals surface area contributed by atoms with E-state index in [2.05, 4.69) is 0 Å². The van der Waals surface area contributed by atoms with Gasteiger partial charge in [-0.3, -0.25) is 14.9 Å². The summed E-state index contributed by atoms with van der Waals surface area (Å²) in [6.07, 6.45) is 0. The van der Waals surface area contributed by atoms with Crippen LogP contribution in [-0.4, -0.2) is 49.7 Å². The van der Waals surface area contributed by atoms with E-state index in [1.807, 2.05) is 0 Å². The number of hydrogen-bond acceptors (Lipinski definition) is 6. The predicted molar refractivity (Wildman–Crippen MR) is 99.0 cm³/mol. The van der Waals surface area contributed by atoms with E-state index >= 15 is 0 Å². The van der Waals surface area contributed by atoms with Crippen molar-refractivity contribution in [2.45, 2.75) is 4.90 Å². The van der Waals surface area contributed by atoms with Crippen LogP contribution in [0.4, 0.5) is 15.8 Å². The van der Waals surface area contributed by atoms with Crippen molar-refractivity contribution in [3.8, 4) is 0 Å². The lowest BCUT2D eigenvalue weighted by atomic mass is 10.1. The van der Waals surface area contributed by atoms with Gasteiger partial charge in [0.05, 0.1) is 9.82 Å². The largest absolute Gasteiger partial charge is 0.366 e. The molecule has 11 heteroatoms. The molecule has 0 radical (unpaired) electrons. The Morgan fingerprint density at radius 2 is 1.79 bits per heavy atom. The zero-order chi connectivity index (χ0) is 20.5. The van der Waals surface area contributed by atoms with E-state index in [4.69, 9.17) is 5.73 Å². The first-order valence-corrected chi connectivity index (χ1v) is 9.73. The van der Waals surface area contributed by atoms with E-state index < -0.39 is 26.7 Å². The second-order valence-corrected chi connectivity index (χ2v) is 8.11. The van der Waals surface area contributed by atoms with Gasteiger partial charge in [0.25, 0.3) is 5.69 Å². The smallest absolute Gasteiger partial charge is 0.293 e. The van der Waals surface area contributed by atoms with Crippen LogP contribution in [0.2, 0.25) is 0 Å². The third-order valence-electron chi connectivity index (χ3n) is 4.47. The molecule has 0 spiro atoms. The van der Waals surface area contributed by atoms with Crippen molar-refractivity contribution in [2.75, 3.05) is 31.1 Å². The molecule has 0 bridgehead atoms. The molecule has 0 unspecified atom stereocenters. The monoisotopic (exact) mass is 408 g/mol. The molecular formula is C17H17FN4O5S. The van der Waals surface area contributed by atoms with Crippen molar-refractivity contribution in [1.29, 1.82) is 0 Å². The molecule has 148 valence electrons. The summed E-state index contributed by atoms with van der Waals surface area (Å²) in [5.41, 5.74) is 5.18. The average Bonchev–Trinajstić information content (AvgIpc) is 2.67. The standard InChI is InChI=1S/C17H17FN4O5S/c18-13-2-1-3-14(11-13)28(26,27)21-8-6-20(7-9-21)15-5-4-12(17(19)23)10-16(15)22(24)25/h1-5,10-11H,6-9H2,(H2,19,23). The van der Waals surface area contributed by atoms with Crippen molar-refractivity contribution in [2.24, 2.45) is 5.73 Å². The number of sulfonamides is 1. The van der Waals surface area contributed by atoms with E-state index in [0.717, 1.165) is 18.2 Å². The first-order chi connectivity index (χ1) is 13.2. The molecule has 1 aliphatic heterocycles. The minimum absolute atomic E-state index is 0.0165. The number of rotatable bonds is 5. The Balaban J connectivity index is 1.81. The number of hydrogen-bond donors (Lipinski definition) is 1. The number of nitro groups is 1. The minimum Gasteiger partial charge on any atom is -0.366 e. The molecule has 2 N–H and O–H groups in total. The fraction of sp³-hybridized carbons (Fsp3) is 0.235. The third kappa shape index (κ3) is 3.80. The highest BCUT2D eigenvalue weighted by atomic mass is 32.2. The number of amides is 1. The molecule has 0 atom stereocenters. The Kier molecular flexibility index (Phi) is 5.29. The van der Waals surface area contributed by atoms with Crippen LogP contribution in [0.1, 0.15) is 10.4 Å². The van der Waals surface area contributed by atoms with Gasteiger partial charge in [0.2, 0.25) is 15.9 Å². The molecular weight excluding hydrogens is 391 g/mol. The van der Waals surface area contributed by atoms with Crippen LogP contribution in [0.3, 0.4) is 0 Å². The van der Waals surface area contributed by atoms with Crippen molar-refractivity contribution in [3.05, 3.63) is 64.0 Å². The van der Waals surface area contributed by atoms with Gasteiger partial charge in [-0.05, 0) is 30.3 Å². The summed E-state index contributed by atoms with van der Waals surface area (Å²) in [6.45, 7) is 0.553. The Morgan fingerprint density at radius 1 is 1.11 bits per heavy atom. The maximum atomic E-state index is 13.4. The Bertz CT molecular complexity index is 1040. The van der Waals surface area contributed by atoms with Gasteiger partial charge in [-0.1, -0.05) is 6.07 Å². The summed E-state index contributed by atoms with van der Waals surface area (Å²) in [7, 11) is -3.86. The molecule has 28 heavy (non-hydrogen) atoms. The zero-order valence-electron chi connectivity index (χ0n) is 14.6. The van der Waals surface area contributed by atoms with E-state index in [1.165, 1.54) is 28.6 Å². The summed E-state index contributed by atoms with van der Waals surface area (Å²) >= 11 is 0. The summed E-state index contributed by atoms with van der Waals surface area (Å²) in [5.74, 6) is -1.43. The molecule has 1 heterocycles. The highest BCUT2D eigenvalue weighted by Crippen LogP contribution is 2.30. The molecule has 0 aliphatic carbocycles. The number of nitrogens with zero attached hydrogens (tertiary/aromatic N) is 3. The predicted octanol–water partition coefficient (Wildman–Crippen LogP) is 1.34. The number of benzene rings is 2. The maximum absolute atomic E-state index is 13.4. The van der Waals surface area contributed by atoms with Gasteiger partial charge in [0.1, 0.15) is 11.5 Å². The zero-order valence-corrected chi connectivity index (χ0v) is 15.4. The van der Waals surface area contributed by atoms with Gasteiger partial charge in [-0.2, -0.15) is 4.31 Å². The molecule has 2 aromatic carbocycles. The number of primary amides is 1. The lowest BCUT2D eigenvalue weighted by Crippen LogP contribution is -2.48. The van der Waals surface area contributed by atoms with Gasteiger partial charge in [-0.25, -0.2) is 12.8 Å². The van der Waals surface area contributed by atoms with E-state index in [9.17, 15) is 27.7 Å². The van der Waals surface area contributed by atoms with Gasteiger partial charge < -0.3 is 10.6 Å². The van der Waals surface area contributed by atoms with Crippen LogP contribution >= 0.6 is 0 Å². The van der Waals surface area contributed by atoms with Crippen molar-refractivity contribution >= 4 is 27.3 Å². The molecule has 1 fully saturated rings. The highest BCUT2D eigenvalue weighted by Gasteiger charge is 2.31.